The second-order valence-corrected chi connectivity index (χ2v) is 4.55. The lowest BCUT2D eigenvalue weighted by atomic mass is 10.2. The van der Waals surface area contributed by atoms with Gasteiger partial charge in [0.2, 0.25) is 0 Å². The molecule has 0 unspecified atom stereocenters. The molecular weight excluding hydrogens is 263 g/mol. The van der Waals surface area contributed by atoms with Gasteiger partial charge in [0.15, 0.2) is 10.8 Å². The standard InChI is InChI=1S/C11H10F3N3S/c1-7-4-15-3-2-8(7)5-16-10-17-9(6-18-10)11(12,13)14/h2-4,6H,5H2,1H3,(H,16,17). The highest BCUT2D eigenvalue weighted by Gasteiger charge is 2.33. The minimum Gasteiger partial charge on any atom is -0.357 e. The third-order valence-corrected chi connectivity index (χ3v) is 3.16. The number of hydrogen-bond donors (Lipinski definition) is 1. The minimum absolute atomic E-state index is 0.263. The maximum Gasteiger partial charge on any atom is 0.434 e. The summed E-state index contributed by atoms with van der Waals surface area (Å²) in [4.78, 5) is 7.44. The summed E-state index contributed by atoms with van der Waals surface area (Å²) in [5.74, 6) is 0. The molecule has 0 saturated carbocycles. The molecule has 0 aromatic carbocycles. The fourth-order valence-corrected chi connectivity index (χ4v) is 2.07. The van der Waals surface area contributed by atoms with Gasteiger partial charge < -0.3 is 5.32 Å². The highest BCUT2D eigenvalue weighted by Crippen LogP contribution is 2.31. The molecule has 0 spiro atoms. The van der Waals surface area contributed by atoms with Crippen molar-refractivity contribution in [2.75, 3.05) is 5.32 Å². The SMILES string of the molecule is Cc1cnccc1CNc1nc(C(F)(F)F)cs1. The first-order valence-corrected chi connectivity index (χ1v) is 6.01. The largest absolute Gasteiger partial charge is 0.434 e. The highest BCUT2D eigenvalue weighted by atomic mass is 32.1. The average molecular weight is 273 g/mol. The zero-order chi connectivity index (χ0) is 13.2. The Hall–Kier alpha value is -1.63. The number of hydrogen-bond acceptors (Lipinski definition) is 4. The number of nitrogens with zero attached hydrogens (tertiary/aromatic N) is 2. The van der Waals surface area contributed by atoms with Crippen molar-refractivity contribution in [3.8, 4) is 0 Å². The summed E-state index contributed by atoms with van der Waals surface area (Å²) in [6.45, 7) is 2.33. The molecule has 0 saturated heterocycles. The summed E-state index contributed by atoms with van der Waals surface area (Å²) >= 11 is 0.944. The molecule has 2 aromatic rings. The molecule has 2 heterocycles. The monoisotopic (exact) mass is 273 g/mol. The lowest BCUT2D eigenvalue weighted by molar-refractivity contribution is -0.140. The van der Waals surface area contributed by atoms with Crippen molar-refractivity contribution in [1.82, 2.24) is 9.97 Å². The van der Waals surface area contributed by atoms with Crippen molar-refractivity contribution in [2.24, 2.45) is 0 Å². The third-order valence-electron chi connectivity index (χ3n) is 2.36. The predicted molar refractivity (Wildman–Crippen MR) is 63.4 cm³/mol. The fourth-order valence-electron chi connectivity index (χ4n) is 1.36. The van der Waals surface area contributed by atoms with Gasteiger partial charge in [0.05, 0.1) is 0 Å². The Morgan fingerprint density at radius 1 is 1.39 bits per heavy atom. The molecule has 2 aromatic heterocycles. The molecule has 2 rings (SSSR count). The van der Waals surface area contributed by atoms with Crippen molar-refractivity contribution >= 4 is 16.5 Å². The lowest BCUT2D eigenvalue weighted by Gasteiger charge is -2.05. The van der Waals surface area contributed by atoms with E-state index in [-0.39, 0.29) is 5.13 Å². The number of rotatable bonds is 3. The van der Waals surface area contributed by atoms with Crippen LogP contribution in [0.25, 0.3) is 0 Å². The maximum absolute atomic E-state index is 12.3. The molecule has 1 N–H and O–H groups in total. The molecule has 0 atom stereocenters. The molecule has 0 aliphatic heterocycles. The zero-order valence-electron chi connectivity index (χ0n) is 9.45. The van der Waals surface area contributed by atoms with Crippen LogP contribution in [-0.4, -0.2) is 9.97 Å². The normalized spacial score (nSPS) is 11.6. The van der Waals surface area contributed by atoms with Gasteiger partial charge in [-0.3, -0.25) is 4.98 Å². The van der Waals surface area contributed by atoms with Crippen molar-refractivity contribution in [2.45, 2.75) is 19.6 Å². The van der Waals surface area contributed by atoms with Crippen molar-refractivity contribution in [3.63, 3.8) is 0 Å². The molecule has 0 amide bonds. The van der Waals surface area contributed by atoms with Crippen LogP contribution in [0.3, 0.4) is 0 Å². The topological polar surface area (TPSA) is 37.8 Å². The average Bonchev–Trinajstić information content (AvgIpc) is 2.76. The van der Waals surface area contributed by atoms with E-state index in [1.165, 1.54) is 0 Å². The van der Waals surface area contributed by atoms with Crippen LogP contribution in [0.2, 0.25) is 0 Å². The summed E-state index contributed by atoms with van der Waals surface area (Å²) in [5, 5.41) is 4.14. The van der Waals surface area contributed by atoms with Gasteiger partial charge >= 0.3 is 6.18 Å². The van der Waals surface area contributed by atoms with Gasteiger partial charge in [-0.15, -0.1) is 11.3 Å². The first-order valence-electron chi connectivity index (χ1n) is 5.13. The van der Waals surface area contributed by atoms with Crippen LogP contribution >= 0.6 is 11.3 Å². The smallest absolute Gasteiger partial charge is 0.357 e. The quantitative estimate of drug-likeness (QED) is 0.930. The van der Waals surface area contributed by atoms with E-state index in [0.29, 0.717) is 6.54 Å². The Bertz CT molecular complexity index is 536. The first kappa shape index (κ1) is 12.8. The summed E-state index contributed by atoms with van der Waals surface area (Å²) in [7, 11) is 0. The molecule has 3 nitrogen and oxygen atoms in total. The zero-order valence-corrected chi connectivity index (χ0v) is 10.3. The molecule has 0 fully saturated rings. The van der Waals surface area contributed by atoms with Crippen LogP contribution in [-0.2, 0) is 12.7 Å². The Morgan fingerprint density at radius 2 is 2.17 bits per heavy atom. The van der Waals surface area contributed by atoms with Gasteiger partial charge in [0.25, 0.3) is 0 Å². The Balaban J connectivity index is 2.03. The molecule has 0 radical (unpaired) electrons. The van der Waals surface area contributed by atoms with E-state index in [1.54, 1.807) is 12.4 Å². The summed E-state index contributed by atoms with van der Waals surface area (Å²) < 4.78 is 37.0. The number of pyridine rings is 1. The van der Waals surface area contributed by atoms with E-state index in [1.807, 2.05) is 13.0 Å². The van der Waals surface area contributed by atoms with Gasteiger partial charge in [-0.25, -0.2) is 4.98 Å². The van der Waals surface area contributed by atoms with Gasteiger partial charge in [0, 0.05) is 24.3 Å². The number of aromatic nitrogens is 2. The van der Waals surface area contributed by atoms with Gasteiger partial charge in [-0.2, -0.15) is 13.2 Å². The van der Waals surface area contributed by atoms with E-state index in [0.717, 1.165) is 27.8 Å². The van der Waals surface area contributed by atoms with Crippen molar-refractivity contribution < 1.29 is 13.2 Å². The van der Waals surface area contributed by atoms with Gasteiger partial charge in [-0.1, -0.05) is 0 Å². The van der Waals surface area contributed by atoms with E-state index < -0.39 is 11.9 Å². The van der Waals surface area contributed by atoms with Crippen LogP contribution in [0.1, 0.15) is 16.8 Å². The first-order chi connectivity index (χ1) is 8.47. The van der Waals surface area contributed by atoms with Crippen LogP contribution in [0.4, 0.5) is 18.3 Å². The molecule has 0 aliphatic rings. The maximum atomic E-state index is 12.3. The summed E-state index contributed by atoms with van der Waals surface area (Å²) in [6.07, 6.45) is -1.03. The molecule has 0 aliphatic carbocycles. The van der Waals surface area contributed by atoms with E-state index in [9.17, 15) is 13.2 Å². The molecule has 0 bridgehead atoms. The Kier molecular flexibility index (Phi) is 3.51. The summed E-state index contributed by atoms with van der Waals surface area (Å²) in [5.41, 5.74) is 1.10. The highest BCUT2D eigenvalue weighted by molar-refractivity contribution is 7.13. The predicted octanol–water partition coefficient (Wildman–Crippen LogP) is 3.48. The van der Waals surface area contributed by atoms with E-state index in [2.05, 4.69) is 15.3 Å². The van der Waals surface area contributed by atoms with Gasteiger partial charge in [0.1, 0.15) is 0 Å². The number of anilines is 1. The van der Waals surface area contributed by atoms with Gasteiger partial charge in [-0.05, 0) is 24.1 Å². The van der Waals surface area contributed by atoms with Crippen LogP contribution in [0, 0.1) is 6.92 Å². The Morgan fingerprint density at radius 3 is 2.78 bits per heavy atom. The molecule has 96 valence electrons. The molecule has 18 heavy (non-hydrogen) atoms. The lowest BCUT2D eigenvalue weighted by Crippen LogP contribution is -2.06. The minimum atomic E-state index is -4.39. The number of halogens is 3. The molecular formula is C11H10F3N3S. The van der Waals surface area contributed by atoms with Crippen LogP contribution in [0.15, 0.2) is 23.8 Å². The van der Waals surface area contributed by atoms with E-state index >= 15 is 0 Å². The number of nitrogens with one attached hydrogen (secondary N) is 1. The van der Waals surface area contributed by atoms with Crippen LogP contribution in [0.5, 0.6) is 0 Å². The number of alkyl halides is 3. The molecule has 7 heteroatoms. The third kappa shape index (κ3) is 2.98. The number of aryl methyl sites for hydroxylation is 1. The van der Waals surface area contributed by atoms with Crippen molar-refractivity contribution in [3.05, 3.63) is 40.7 Å². The Labute approximate surface area is 106 Å². The summed E-state index contributed by atoms with van der Waals surface area (Å²) in [6, 6.07) is 1.82. The fraction of sp³-hybridized carbons (Fsp3) is 0.273. The van der Waals surface area contributed by atoms with E-state index in [4.69, 9.17) is 0 Å². The number of thiazole rings is 1. The second kappa shape index (κ2) is 4.93. The van der Waals surface area contributed by atoms with Crippen LogP contribution < -0.4 is 5.32 Å². The van der Waals surface area contributed by atoms with Crippen molar-refractivity contribution in [1.29, 1.82) is 0 Å². The second-order valence-electron chi connectivity index (χ2n) is 3.69.